The highest BCUT2D eigenvalue weighted by atomic mass is 19.1. The van der Waals surface area contributed by atoms with Crippen molar-refractivity contribution in [3.05, 3.63) is 72.0 Å². The summed E-state index contributed by atoms with van der Waals surface area (Å²) in [6.45, 7) is 1.91. The molecule has 2 N–H and O–H groups in total. The third kappa shape index (κ3) is 2.30. The molecule has 3 rings (SSSR count). The molecule has 0 saturated heterocycles. The summed E-state index contributed by atoms with van der Waals surface area (Å²) in [6, 6.07) is 19.0. The molecule has 0 saturated carbocycles. The van der Waals surface area contributed by atoms with Crippen LogP contribution in [-0.2, 0) is 0 Å². The number of rotatable bonds is 2. The second kappa shape index (κ2) is 5.06. The van der Waals surface area contributed by atoms with Gasteiger partial charge in [-0.3, -0.25) is 0 Å². The van der Waals surface area contributed by atoms with E-state index in [1.807, 2.05) is 25.1 Å². The average Bonchev–Trinajstić information content (AvgIpc) is 2.46. The van der Waals surface area contributed by atoms with E-state index < -0.39 is 0 Å². The molecule has 0 bridgehead atoms. The van der Waals surface area contributed by atoms with Gasteiger partial charge in [0.25, 0.3) is 0 Å². The van der Waals surface area contributed by atoms with Crippen LogP contribution in [-0.4, -0.2) is 0 Å². The van der Waals surface area contributed by atoms with Crippen molar-refractivity contribution in [2.45, 2.75) is 13.0 Å². The van der Waals surface area contributed by atoms with Gasteiger partial charge in [0.15, 0.2) is 0 Å². The second-order valence-electron chi connectivity index (χ2n) is 5.08. The molecule has 3 aromatic carbocycles. The molecule has 0 amide bonds. The molecule has 100 valence electrons. The lowest BCUT2D eigenvalue weighted by atomic mass is 9.94. The third-order valence-corrected chi connectivity index (χ3v) is 3.57. The monoisotopic (exact) mass is 265 g/mol. The maximum atomic E-state index is 13.6. The summed E-state index contributed by atoms with van der Waals surface area (Å²) >= 11 is 0. The summed E-state index contributed by atoms with van der Waals surface area (Å²) < 4.78 is 13.6. The molecule has 1 nitrogen and oxygen atoms in total. The fourth-order valence-electron chi connectivity index (χ4n) is 2.53. The van der Waals surface area contributed by atoms with Crippen LogP contribution in [0.25, 0.3) is 21.9 Å². The number of fused-ring (bicyclic) bond motifs is 1. The fraction of sp³-hybridized carbons (Fsp3) is 0.111. The van der Waals surface area contributed by atoms with Crippen LogP contribution in [0.3, 0.4) is 0 Å². The van der Waals surface area contributed by atoms with Crippen LogP contribution in [0.15, 0.2) is 60.7 Å². The summed E-state index contributed by atoms with van der Waals surface area (Å²) in [4.78, 5) is 0. The standard InChI is InChI=1S/C18H16FN/c1-12(20)17-9-8-16(19)11-18(17)15-7-6-13-4-2-3-5-14(13)10-15/h2-12H,20H2,1H3. The third-order valence-electron chi connectivity index (χ3n) is 3.57. The molecule has 3 aromatic rings. The quantitative estimate of drug-likeness (QED) is 0.716. The fourth-order valence-corrected chi connectivity index (χ4v) is 2.53. The zero-order valence-corrected chi connectivity index (χ0v) is 11.3. The molecular weight excluding hydrogens is 249 g/mol. The number of benzene rings is 3. The lowest BCUT2D eigenvalue weighted by Gasteiger charge is -2.13. The normalized spacial score (nSPS) is 12.6. The molecule has 20 heavy (non-hydrogen) atoms. The lowest BCUT2D eigenvalue weighted by molar-refractivity contribution is 0.626. The Labute approximate surface area is 117 Å². The van der Waals surface area contributed by atoms with Crippen LogP contribution in [0.1, 0.15) is 18.5 Å². The van der Waals surface area contributed by atoms with Crippen molar-refractivity contribution in [2.75, 3.05) is 0 Å². The Bertz CT molecular complexity index is 762. The van der Waals surface area contributed by atoms with Crippen molar-refractivity contribution in [3.8, 4) is 11.1 Å². The number of hydrogen-bond acceptors (Lipinski definition) is 1. The Kier molecular flexibility index (Phi) is 3.25. The van der Waals surface area contributed by atoms with E-state index in [0.717, 1.165) is 22.1 Å². The highest BCUT2D eigenvalue weighted by Crippen LogP contribution is 2.30. The number of hydrogen-bond donors (Lipinski definition) is 1. The predicted molar refractivity (Wildman–Crippen MR) is 81.9 cm³/mol. The van der Waals surface area contributed by atoms with Crippen LogP contribution >= 0.6 is 0 Å². The van der Waals surface area contributed by atoms with E-state index in [0.29, 0.717) is 0 Å². The zero-order chi connectivity index (χ0) is 14.1. The maximum absolute atomic E-state index is 13.6. The molecular formula is C18H16FN. The van der Waals surface area contributed by atoms with Gasteiger partial charge < -0.3 is 5.73 Å². The summed E-state index contributed by atoms with van der Waals surface area (Å²) in [5, 5.41) is 2.32. The van der Waals surface area contributed by atoms with Gasteiger partial charge in [0.2, 0.25) is 0 Å². The first-order valence-electron chi connectivity index (χ1n) is 6.69. The molecule has 0 aliphatic heterocycles. The Morgan fingerprint density at radius 3 is 2.40 bits per heavy atom. The first kappa shape index (κ1) is 12.8. The van der Waals surface area contributed by atoms with E-state index >= 15 is 0 Å². The minimum Gasteiger partial charge on any atom is -0.324 e. The molecule has 0 radical (unpaired) electrons. The van der Waals surface area contributed by atoms with Crippen LogP contribution in [0.2, 0.25) is 0 Å². The topological polar surface area (TPSA) is 26.0 Å². The van der Waals surface area contributed by atoms with Crippen molar-refractivity contribution in [3.63, 3.8) is 0 Å². The highest BCUT2D eigenvalue weighted by Gasteiger charge is 2.10. The summed E-state index contributed by atoms with van der Waals surface area (Å²) in [5.41, 5.74) is 8.81. The molecule has 0 aliphatic carbocycles. The largest absolute Gasteiger partial charge is 0.324 e. The Hall–Kier alpha value is -2.19. The van der Waals surface area contributed by atoms with E-state index in [-0.39, 0.29) is 11.9 Å². The molecule has 2 heteroatoms. The summed E-state index contributed by atoms with van der Waals surface area (Å²) in [5.74, 6) is -0.238. The van der Waals surface area contributed by atoms with Crippen molar-refractivity contribution in [1.29, 1.82) is 0 Å². The first-order valence-corrected chi connectivity index (χ1v) is 6.69. The van der Waals surface area contributed by atoms with Crippen molar-refractivity contribution in [2.24, 2.45) is 5.73 Å². The Morgan fingerprint density at radius 1 is 0.900 bits per heavy atom. The highest BCUT2D eigenvalue weighted by molar-refractivity contribution is 5.87. The minimum atomic E-state index is -0.238. The molecule has 0 fully saturated rings. The summed E-state index contributed by atoms with van der Waals surface area (Å²) in [6.07, 6.45) is 0. The van der Waals surface area contributed by atoms with Crippen LogP contribution in [0, 0.1) is 5.82 Å². The zero-order valence-electron chi connectivity index (χ0n) is 11.3. The van der Waals surface area contributed by atoms with Crippen molar-refractivity contribution >= 4 is 10.8 Å². The van der Waals surface area contributed by atoms with Gasteiger partial charge in [0.1, 0.15) is 5.82 Å². The first-order chi connectivity index (χ1) is 9.65. The molecule has 1 atom stereocenters. The number of nitrogens with two attached hydrogens (primary N) is 1. The van der Waals surface area contributed by atoms with Gasteiger partial charge >= 0.3 is 0 Å². The predicted octanol–water partition coefficient (Wildman–Crippen LogP) is 4.67. The molecule has 0 spiro atoms. The maximum Gasteiger partial charge on any atom is 0.123 e. The number of halogens is 1. The van der Waals surface area contributed by atoms with Gasteiger partial charge in [-0.2, -0.15) is 0 Å². The van der Waals surface area contributed by atoms with E-state index in [9.17, 15) is 4.39 Å². The molecule has 0 heterocycles. The molecule has 1 unspecified atom stereocenters. The van der Waals surface area contributed by atoms with E-state index in [1.165, 1.54) is 11.5 Å². The van der Waals surface area contributed by atoms with Crippen molar-refractivity contribution < 1.29 is 4.39 Å². The van der Waals surface area contributed by atoms with E-state index in [2.05, 4.69) is 24.3 Å². The van der Waals surface area contributed by atoms with Gasteiger partial charge in [-0.1, -0.05) is 42.5 Å². The second-order valence-corrected chi connectivity index (χ2v) is 5.08. The minimum absolute atomic E-state index is 0.128. The van der Waals surface area contributed by atoms with Gasteiger partial charge in [0, 0.05) is 6.04 Å². The summed E-state index contributed by atoms with van der Waals surface area (Å²) in [7, 11) is 0. The molecule has 0 aromatic heterocycles. The van der Waals surface area contributed by atoms with Crippen molar-refractivity contribution in [1.82, 2.24) is 0 Å². The van der Waals surface area contributed by atoms with E-state index in [4.69, 9.17) is 5.73 Å². The van der Waals surface area contributed by atoms with E-state index in [1.54, 1.807) is 12.1 Å². The molecule has 0 aliphatic rings. The Balaban J connectivity index is 2.22. The van der Waals surface area contributed by atoms with Crippen LogP contribution < -0.4 is 5.73 Å². The Morgan fingerprint density at radius 2 is 1.65 bits per heavy atom. The SMILES string of the molecule is CC(N)c1ccc(F)cc1-c1ccc2ccccc2c1. The van der Waals surface area contributed by atoms with Gasteiger partial charge in [0.05, 0.1) is 0 Å². The van der Waals surface area contributed by atoms with Crippen LogP contribution in [0.5, 0.6) is 0 Å². The van der Waals surface area contributed by atoms with Crippen LogP contribution in [0.4, 0.5) is 4.39 Å². The lowest BCUT2D eigenvalue weighted by Crippen LogP contribution is -2.06. The van der Waals surface area contributed by atoms with Gasteiger partial charge in [-0.25, -0.2) is 4.39 Å². The van der Waals surface area contributed by atoms with Gasteiger partial charge in [-0.05, 0) is 52.6 Å². The smallest absolute Gasteiger partial charge is 0.123 e. The average molecular weight is 265 g/mol. The van der Waals surface area contributed by atoms with Gasteiger partial charge in [-0.15, -0.1) is 0 Å².